The molecule has 1 aromatic heterocycles. The second kappa shape index (κ2) is 10.6. The molecule has 176 valence electrons. The zero-order chi connectivity index (χ0) is 24.0. The first-order chi connectivity index (χ1) is 15.6. The summed E-state index contributed by atoms with van der Waals surface area (Å²) in [6.45, 7) is 3.97. The number of sulfonamides is 1. The predicted molar refractivity (Wildman–Crippen MR) is 125 cm³/mol. The van der Waals surface area contributed by atoms with Crippen LogP contribution in [-0.2, 0) is 21.2 Å². The number of ether oxygens (including phenoxy) is 1. The van der Waals surface area contributed by atoms with Crippen molar-refractivity contribution in [3.05, 3.63) is 71.4 Å². The van der Waals surface area contributed by atoms with Gasteiger partial charge in [-0.2, -0.15) is 4.98 Å². The summed E-state index contributed by atoms with van der Waals surface area (Å²) in [6, 6.07) is 13.5. The van der Waals surface area contributed by atoms with Gasteiger partial charge in [-0.15, -0.1) is 0 Å². The van der Waals surface area contributed by atoms with Crippen LogP contribution in [0.2, 0.25) is 0 Å². The molecule has 0 bridgehead atoms. The lowest BCUT2D eigenvalue weighted by Crippen LogP contribution is -2.30. The van der Waals surface area contributed by atoms with Gasteiger partial charge < -0.3 is 14.6 Å². The highest BCUT2D eigenvalue weighted by Crippen LogP contribution is 2.22. The summed E-state index contributed by atoms with van der Waals surface area (Å²) in [5, 5.41) is 6.80. The number of rotatable bonds is 10. The van der Waals surface area contributed by atoms with Crippen molar-refractivity contribution in [3.63, 3.8) is 0 Å². The molecule has 0 saturated carbocycles. The summed E-state index contributed by atoms with van der Waals surface area (Å²) < 4.78 is 36.5. The minimum absolute atomic E-state index is 0.0675. The number of anilines is 1. The van der Waals surface area contributed by atoms with Crippen LogP contribution in [0, 0.1) is 0 Å². The second-order valence-electron chi connectivity index (χ2n) is 8.05. The third-order valence-electron chi connectivity index (χ3n) is 4.84. The first-order valence-corrected chi connectivity index (χ1v) is 12.3. The minimum atomic E-state index is -3.53. The van der Waals surface area contributed by atoms with Gasteiger partial charge in [-0.1, -0.05) is 43.3 Å². The molecule has 9 nitrogen and oxygen atoms in total. The lowest BCUT2D eigenvalue weighted by Gasteiger charge is -2.18. The van der Waals surface area contributed by atoms with Crippen LogP contribution in [0.5, 0.6) is 5.75 Å². The molecule has 0 saturated heterocycles. The van der Waals surface area contributed by atoms with E-state index in [1.54, 1.807) is 43.5 Å². The maximum atomic E-state index is 12.6. The van der Waals surface area contributed by atoms with Crippen molar-refractivity contribution in [1.29, 1.82) is 0 Å². The van der Waals surface area contributed by atoms with Crippen LogP contribution in [0.25, 0.3) is 0 Å². The van der Waals surface area contributed by atoms with Gasteiger partial charge in [0.25, 0.3) is 0 Å². The Hall–Kier alpha value is -3.24. The molecule has 2 N–H and O–H groups in total. The van der Waals surface area contributed by atoms with Gasteiger partial charge in [-0.05, 0) is 35.4 Å². The van der Waals surface area contributed by atoms with Gasteiger partial charge in [0.1, 0.15) is 5.75 Å². The SMILES string of the molecule is COc1ccc([C@H](CC(=O)Nc2ccc(Cc3noc(C(C)C)n3)cc2)NS(C)(=O)=O)cc1. The highest BCUT2D eigenvalue weighted by Gasteiger charge is 2.20. The van der Waals surface area contributed by atoms with Crippen molar-refractivity contribution >= 4 is 21.6 Å². The van der Waals surface area contributed by atoms with E-state index < -0.39 is 16.1 Å². The fourth-order valence-corrected chi connectivity index (χ4v) is 3.92. The summed E-state index contributed by atoms with van der Waals surface area (Å²) in [5.74, 6) is 1.69. The molecule has 0 spiro atoms. The van der Waals surface area contributed by atoms with E-state index >= 15 is 0 Å². The lowest BCUT2D eigenvalue weighted by atomic mass is 10.0. The molecule has 1 atom stereocenters. The van der Waals surface area contributed by atoms with Crippen LogP contribution in [0.1, 0.15) is 55.1 Å². The summed E-state index contributed by atoms with van der Waals surface area (Å²) in [4.78, 5) is 17.0. The van der Waals surface area contributed by atoms with Gasteiger partial charge in [0.15, 0.2) is 5.82 Å². The summed E-state index contributed by atoms with van der Waals surface area (Å²) in [5.41, 5.74) is 2.24. The molecule has 0 aliphatic heterocycles. The molecular formula is C23H28N4O5S. The Bertz CT molecular complexity index is 1170. The van der Waals surface area contributed by atoms with Crippen molar-refractivity contribution in [3.8, 4) is 5.75 Å². The van der Waals surface area contributed by atoms with Gasteiger partial charge in [0, 0.05) is 24.4 Å². The smallest absolute Gasteiger partial charge is 0.229 e. The summed E-state index contributed by atoms with van der Waals surface area (Å²) in [6.07, 6.45) is 1.51. The molecule has 0 aliphatic rings. The molecule has 0 unspecified atom stereocenters. The predicted octanol–water partition coefficient (Wildman–Crippen LogP) is 3.41. The van der Waals surface area contributed by atoms with E-state index in [2.05, 4.69) is 20.2 Å². The van der Waals surface area contributed by atoms with E-state index in [4.69, 9.17) is 9.26 Å². The Morgan fingerprint density at radius 3 is 2.30 bits per heavy atom. The van der Waals surface area contributed by atoms with E-state index in [1.165, 1.54) is 0 Å². The number of nitrogens with one attached hydrogen (secondary N) is 2. The molecule has 33 heavy (non-hydrogen) atoms. The van der Waals surface area contributed by atoms with E-state index in [0.29, 0.717) is 35.1 Å². The zero-order valence-electron chi connectivity index (χ0n) is 19.0. The van der Waals surface area contributed by atoms with E-state index in [1.807, 2.05) is 26.0 Å². The van der Waals surface area contributed by atoms with E-state index in [0.717, 1.165) is 11.8 Å². The molecule has 0 fully saturated rings. The number of nitrogens with zero attached hydrogens (tertiary/aromatic N) is 2. The first-order valence-electron chi connectivity index (χ1n) is 10.5. The zero-order valence-corrected chi connectivity index (χ0v) is 19.8. The monoisotopic (exact) mass is 472 g/mol. The Morgan fingerprint density at radius 1 is 1.09 bits per heavy atom. The number of amides is 1. The second-order valence-corrected chi connectivity index (χ2v) is 9.83. The van der Waals surface area contributed by atoms with Crippen LogP contribution in [0.15, 0.2) is 53.1 Å². The number of carbonyl (C=O) groups is 1. The van der Waals surface area contributed by atoms with Crippen molar-refractivity contribution in [2.75, 3.05) is 18.7 Å². The topological polar surface area (TPSA) is 123 Å². The van der Waals surface area contributed by atoms with Crippen LogP contribution in [-0.4, -0.2) is 37.8 Å². The quantitative estimate of drug-likeness (QED) is 0.463. The van der Waals surface area contributed by atoms with E-state index in [-0.39, 0.29) is 18.2 Å². The highest BCUT2D eigenvalue weighted by molar-refractivity contribution is 7.88. The number of hydrogen-bond donors (Lipinski definition) is 2. The Labute approximate surface area is 193 Å². The lowest BCUT2D eigenvalue weighted by molar-refractivity contribution is -0.116. The average molecular weight is 473 g/mol. The molecule has 10 heteroatoms. The Balaban J connectivity index is 1.64. The minimum Gasteiger partial charge on any atom is -0.497 e. The van der Waals surface area contributed by atoms with Gasteiger partial charge in [-0.3, -0.25) is 4.79 Å². The summed E-state index contributed by atoms with van der Waals surface area (Å²) >= 11 is 0. The number of hydrogen-bond acceptors (Lipinski definition) is 7. The molecule has 0 aliphatic carbocycles. The van der Waals surface area contributed by atoms with Gasteiger partial charge >= 0.3 is 0 Å². The fraction of sp³-hybridized carbons (Fsp3) is 0.348. The van der Waals surface area contributed by atoms with Crippen LogP contribution in [0.3, 0.4) is 0 Å². The molecule has 3 rings (SSSR count). The molecule has 3 aromatic rings. The molecule has 1 amide bonds. The Morgan fingerprint density at radius 2 is 1.76 bits per heavy atom. The number of carbonyl (C=O) groups excluding carboxylic acids is 1. The average Bonchev–Trinajstić information content (AvgIpc) is 3.23. The third kappa shape index (κ3) is 7.40. The maximum Gasteiger partial charge on any atom is 0.229 e. The Kier molecular flexibility index (Phi) is 7.83. The van der Waals surface area contributed by atoms with Gasteiger partial charge in [-0.25, -0.2) is 13.1 Å². The summed E-state index contributed by atoms with van der Waals surface area (Å²) in [7, 11) is -1.98. The number of aromatic nitrogens is 2. The van der Waals surface area contributed by atoms with Crippen molar-refractivity contribution in [2.45, 2.75) is 38.6 Å². The van der Waals surface area contributed by atoms with E-state index in [9.17, 15) is 13.2 Å². The van der Waals surface area contributed by atoms with Gasteiger partial charge in [0.05, 0.1) is 19.4 Å². The number of methoxy groups -OCH3 is 1. The van der Waals surface area contributed by atoms with Crippen LogP contribution >= 0.6 is 0 Å². The molecule has 2 aromatic carbocycles. The molecule has 1 heterocycles. The largest absolute Gasteiger partial charge is 0.497 e. The maximum absolute atomic E-state index is 12.6. The third-order valence-corrected chi connectivity index (χ3v) is 5.55. The van der Waals surface area contributed by atoms with Crippen molar-refractivity contribution in [1.82, 2.24) is 14.9 Å². The fourth-order valence-electron chi connectivity index (χ4n) is 3.18. The van der Waals surface area contributed by atoms with Crippen molar-refractivity contribution < 1.29 is 22.5 Å². The van der Waals surface area contributed by atoms with Gasteiger partial charge in [0.2, 0.25) is 21.8 Å². The molecule has 0 radical (unpaired) electrons. The van der Waals surface area contributed by atoms with Crippen molar-refractivity contribution in [2.24, 2.45) is 0 Å². The van der Waals surface area contributed by atoms with Crippen LogP contribution in [0.4, 0.5) is 5.69 Å². The normalized spacial score (nSPS) is 12.5. The first kappa shape index (κ1) is 24.4. The highest BCUT2D eigenvalue weighted by atomic mass is 32.2. The standard InChI is InChI=1S/C23H28N4O5S/c1-15(2)23-25-21(26-32-23)13-16-5-9-18(10-6-16)24-22(28)14-20(27-33(4,29)30)17-7-11-19(31-3)12-8-17/h5-12,15,20,27H,13-14H2,1-4H3,(H,24,28)/t20-/m0/s1. The molecular weight excluding hydrogens is 444 g/mol. The van der Waals surface area contributed by atoms with Crippen LogP contribution < -0.4 is 14.8 Å². The number of benzene rings is 2.